The topological polar surface area (TPSA) is 69.5 Å². The van der Waals surface area contributed by atoms with Gasteiger partial charge in [-0.1, -0.05) is 27.7 Å². The summed E-state index contributed by atoms with van der Waals surface area (Å²) in [7, 11) is 0. The predicted octanol–water partition coefficient (Wildman–Crippen LogP) is 2.08. The summed E-state index contributed by atoms with van der Waals surface area (Å²) in [5.41, 5.74) is 1.48. The summed E-state index contributed by atoms with van der Waals surface area (Å²) in [4.78, 5) is 11.0. The molecule has 0 saturated heterocycles. The van der Waals surface area contributed by atoms with Gasteiger partial charge in [0.1, 0.15) is 5.82 Å². The maximum atomic E-state index is 9.59. The molecule has 0 saturated carbocycles. The van der Waals surface area contributed by atoms with Crippen molar-refractivity contribution < 1.29 is 10.2 Å². The van der Waals surface area contributed by atoms with Crippen molar-refractivity contribution in [1.29, 1.82) is 0 Å². The zero-order valence-corrected chi connectivity index (χ0v) is 13.0. The summed E-state index contributed by atoms with van der Waals surface area (Å²) in [5.74, 6) is 0.972. The molecule has 114 valence electrons. The van der Waals surface area contributed by atoms with E-state index in [2.05, 4.69) is 28.7 Å². The monoisotopic (exact) mass is 281 g/mol. The fourth-order valence-corrected chi connectivity index (χ4v) is 2.40. The maximum absolute atomic E-state index is 9.59. The van der Waals surface area contributed by atoms with Gasteiger partial charge in [0.25, 0.3) is 0 Å². The highest BCUT2D eigenvalue weighted by Gasteiger charge is 2.20. The van der Waals surface area contributed by atoms with Crippen LogP contribution in [0.5, 0.6) is 0 Å². The first-order valence-electron chi connectivity index (χ1n) is 7.43. The number of aliphatic hydroxyl groups is 2. The van der Waals surface area contributed by atoms with Crippen LogP contribution in [0, 0.1) is 0 Å². The molecule has 0 unspecified atom stereocenters. The van der Waals surface area contributed by atoms with Crippen molar-refractivity contribution in [3.63, 3.8) is 0 Å². The van der Waals surface area contributed by atoms with Crippen LogP contribution in [0.3, 0.4) is 0 Å². The molecule has 1 aromatic heterocycles. The first kappa shape index (κ1) is 16.9. The molecular formula is C15H27N3O2. The molecule has 0 bridgehead atoms. The average molecular weight is 281 g/mol. The van der Waals surface area contributed by atoms with Gasteiger partial charge in [-0.05, 0) is 12.8 Å². The van der Waals surface area contributed by atoms with Crippen molar-refractivity contribution in [1.82, 2.24) is 9.97 Å². The number of aliphatic hydroxyl groups excluding tert-OH is 2. The zero-order chi connectivity index (χ0) is 15.1. The lowest BCUT2D eigenvalue weighted by Gasteiger charge is -2.33. The minimum absolute atomic E-state index is 0.0767. The van der Waals surface area contributed by atoms with Crippen molar-refractivity contribution in [3.05, 3.63) is 17.7 Å². The van der Waals surface area contributed by atoms with E-state index in [1.54, 1.807) is 6.20 Å². The first-order valence-corrected chi connectivity index (χ1v) is 7.43. The molecule has 5 heteroatoms. The number of anilines is 1. The molecule has 0 radical (unpaired) electrons. The van der Waals surface area contributed by atoms with Crippen LogP contribution in [0.4, 0.5) is 5.69 Å². The number of hydrogen-bond donors (Lipinski definition) is 2. The van der Waals surface area contributed by atoms with Crippen LogP contribution in [-0.2, 0) is 6.61 Å². The van der Waals surface area contributed by atoms with Crippen molar-refractivity contribution in [2.24, 2.45) is 0 Å². The Morgan fingerprint density at radius 2 is 1.85 bits per heavy atom. The molecule has 0 aliphatic heterocycles. The summed E-state index contributed by atoms with van der Waals surface area (Å²) in [6.45, 7) is 8.81. The van der Waals surface area contributed by atoms with Crippen LogP contribution in [-0.4, -0.2) is 39.4 Å². The zero-order valence-electron chi connectivity index (χ0n) is 13.0. The van der Waals surface area contributed by atoms with Crippen LogP contribution in [0.2, 0.25) is 0 Å². The molecule has 0 spiro atoms. The number of nitrogens with zero attached hydrogens (tertiary/aromatic N) is 3. The second-order valence-electron chi connectivity index (χ2n) is 5.26. The Morgan fingerprint density at radius 3 is 2.30 bits per heavy atom. The average Bonchev–Trinajstić information content (AvgIpc) is 2.46. The van der Waals surface area contributed by atoms with E-state index in [1.165, 1.54) is 0 Å². The van der Waals surface area contributed by atoms with E-state index in [-0.39, 0.29) is 19.1 Å². The van der Waals surface area contributed by atoms with Gasteiger partial charge in [-0.15, -0.1) is 0 Å². The Bertz CT molecular complexity index is 406. The lowest BCUT2D eigenvalue weighted by atomic mass is 10.1. The summed E-state index contributed by atoms with van der Waals surface area (Å²) < 4.78 is 0. The molecule has 2 N–H and O–H groups in total. The molecule has 20 heavy (non-hydrogen) atoms. The van der Waals surface area contributed by atoms with E-state index in [0.29, 0.717) is 18.3 Å². The molecular weight excluding hydrogens is 254 g/mol. The molecule has 0 aliphatic rings. The number of rotatable bonds is 8. The fourth-order valence-electron chi connectivity index (χ4n) is 2.40. The van der Waals surface area contributed by atoms with Gasteiger partial charge in [0.15, 0.2) is 0 Å². The van der Waals surface area contributed by atoms with Gasteiger partial charge in [0.2, 0.25) is 0 Å². The van der Waals surface area contributed by atoms with Crippen LogP contribution in [0.1, 0.15) is 58.0 Å². The van der Waals surface area contributed by atoms with Crippen LogP contribution in [0.15, 0.2) is 6.20 Å². The molecule has 0 aromatic carbocycles. The van der Waals surface area contributed by atoms with Crippen molar-refractivity contribution in [2.45, 2.75) is 59.1 Å². The Balaban J connectivity index is 3.18. The van der Waals surface area contributed by atoms with Crippen molar-refractivity contribution in [3.8, 4) is 0 Å². The SMILES string of the molecule is CCC(CC)N(CCO)c1cnc(C(C)C)nc1CO. The fraction of sp³-hybridized carbons (Fsp3) is 0.733. The molecule has 0 amide bonds. The Morgan fingerprint density at radius 1 is 1.20 bits per heavy atom. The predicted molar refractivity (Wildman–Crippen MR) is 80.8 cm³/mol. The van der Waals surface area contributed by atoms with Crippen molar-refractivity contribution >= 4 is 5.69 Å². The molecule has 0 atom stereocenters. The van der Waals surface area contributed by atoms with E-state index in [4.69, 9.17) is 0 Å². The largest absolute Gasteiger partial charge is 0.395 e. The van der Waals surface area contributed by atoms with Gasteiger partial charge in [-0.25, -0.2) is 9.97 Å². The Hall–Kier alpha value is -1.20. The van der Waals surface area contributed by atoms with E-state index >= 15 is 0 Å². The Kier molecular flexibility index (Phi) is 6.88. The molecule has 5 nitrogen and oxygen atoms in total. The van der Waals surface area contributed by atoms with E-state index in [1.807, 2.05) is 13.8 Å². The maximum Gasteiger partial charge on any atom is 0.131 e. The molecule has 0 aliphatic carbocycles. The van der Waals surface area contributed by atoms with Gasteiger partial charge in [0.05, 0.1) is 30.8 Å². The number of hydrogen-bond acceptors (Lipinski definition) is 5. The third-order valence-corrected chi connectivity index (χ3v) is 3.56. The minimum Gasteiger partial charge on any atom is -0.395 e. The quantitative estimate of drug-likeness (QED) is 0.763. The van der Waals surface area contributed by atoms with Gasteiger partial charge in [-0.2, -0.15) is 0 Å². The second-order valence-corrected chi connectivity index (χ2v) is 5.26. The van der Waals surface area contributed by atoms with Gasteiger partial charge >= 0.3 is 0 Å². The summed E-state index contributed by atoms with van der Waals surface area (Å²) in [5, 5.41) is 18.9. The molecule has 1 heterocycles. The minimum atomic E-state index is -0.111. The smallest absolute Gasteiger partial charge is 0.131 e. The van der Waals surface area contributed by atoms with E-state index in [9.17, 15) is 10.2 Å². The highest BCUT2D eigenvalue weighted by Crippen LogP contribution is 2.24. The summed E-state index contributed by atoms with van der Waals surface area (Å²) in [6, 6.07) is 0.320. The highest BCUT2D eigenvalue weighted by atomic mass is 16.3. The lowest BCUT2D eigenvalue weighted by Crippen LogP contribution is -2.37. The van der Waals surface area contributed by atoms with Gasteiger partial charge in [-0.3, -0.25) is 0 Å². The Labute approximate surface area is 121 Å². The van der Waals surface area contributed by atoms with Crippen LogP contribution < -0.4 is 4.90 Å². The molecule has 0 fully saturated rings. The second kappa shape index (κ2) is 8.17. The third kappa shape index (κ3) is 3.90. The normalized spacial score (nSPS) is 11.4. The highest BCUT2D eigenvalue weighted by molar-refractivity contribution is 5.50. The van der Waals surface area contributed by atoms with E-state index in [0.717, 1.165) is 24.4 Å². The van der Waals surface area contributed by atoms with E-state index < -0.39 is 0 Å². The van der Waals surface area contributed by atoms with Crippen LogP contribution in [0.25, 0.3) is 0 Å². The molecule has 1 rings (SSSR count). The molecule has 1 aromatic rings. The standard InChI is InChI=1S/C15H27N3O2/c1-5-12(6-2)18(7-8-19)14-9-16-15(11(3)4)17-13(14)10-20/h9,11-12,19-20H,5-8,10H2,1-4H3. The summed E-state index contributed by atoms with van der Waals surface area (Å²) >= 11 is 0. The first-order chi connectivity index (χ1) is 9.58. The van der Waals surface area contributed by atoms with Gasteiger partial charge < -0.3 is 15.1 Å². The number of aromatic nitrogens is 2. The van der Waals surface area contributed by atoms with Gasteiger partial charge in [0, 0.05) is 18.5 Å². The summed E-state index contributed by atoms with van der Waals surface area (Å²) in [6.07, 6.45) is 3.74. The van der Waals surface area contributed by atoms with Crippen molar-refractivity contribution in [2.75, 3.05) is 18.1 Å². The lowest BCUT2D eigenvalue weighted by molar-refractivity contribution is 0.273. The third-order valence-electron chi connectivity index (χ3n) is 3.56. The van der Waals surface area contributed by atoms with Crippen LogP contribution >= 0.6 is 0 Å².